The molecular formula is C42H44N4O6S. The number of nitrogens with zero attached hydrogens (tertiary/aromatic N) is 3. The van der Waals surface area contributed by atoms with Crippen LogP contribution in [-0.4, -0.2) is 51.2 Å². The van der Waals surface area contributed by atoms with Gasteiger partial charge in [0, 0.05) is 30.6 Å². The van der Waals surface area contributed by atoms with Crippen molar-refractivity contribution in [1.82, 2.24) is 9.97 Å². The minimum atomic E-state index is -0.753. The average molecular weight is 733 g/mol. The van der Waals surface area contributed by atoms with Gasteiger partial charge >= 0.3 is 11.9 Å². The van der Waals surface area contributed by atoms with E-state index in [1.165, 1.54) is 11.3 Å². The number of rotatable bonds is 9. The Morgan fingerprint density at radius 3 is 2.45 bits per heavy atom. The normalized spacial score (nSPS) is 17.2. The maximum atomic E-state index is 13.9. The van der Waals surface area contributed by atoms with Gasteiger partial charge in [0.25, 0.3) is 5.91 Å². The number of para-hydroxylation sites is 1. The zero-order valence-electron chi connectivity index (χ0n) is 30.5. The molecule has 7 rings (SSSR count). The molecule has 1 saturated carbocycles. The first-order valence-corrected chi connectivity index (χ1v) is 19.0. The van der Waals surface area contributed by atoms with E-state index in [0.717, 1.165) is 63.9 Å². The molecule has 10 nitrogen and oxygen atoms in total. The monoisotopic (exact) mass is 732 g/mol. The summed E-state index contributed by atoms with van der Waals surface area (Å²) in [4.78, 5) is 50.4. The van der Waals surface area contributed by atoms with Gasteiger partial charge in [-0.2, -0.15) is 0 Å². The predicted molar refractivity (Wildman–Crippen MR) is 207 cm³/mol. The number of aromatic nitrogens is 2. The molecular weight excluding hydrogens is 689 g/mol. The number of nitrogens with one attached hydrogen (secondary N) is 1. The maximum Gasteiger partial charge on any atom is 0.358 e. The van der Waals surface area contributed by atoms with Crippen molar-refractivity contribution in [1.29, 1.82) is 0 Å². The Hall–Kier alpha value is -5.29. The zero-order chi connectivity index (χ0) is 37.3. The third-order valence-electron chi connectivity index (χ3n) is 9.95. The standard InChI is InChI=1S/C42H44N4O6S/c1-25-29(10-8-13-34(25)51-28-17-15-26(16-18-28)23-37(47)48)30-19-20-36(44-38(30)40(50)52-42(2,3)4)46-22-21-27-9-7-11-31(32(27)24-46)39(49)45-41-43-33-12-5-6-14-35(33)53-41/h5-14,19-20,26,28H,15-18,21-24H2,1-4H3,(H,47,48)(H,43,45,49)/t26-,28+. The van der Waals surface area contributed by atoms with Crippen LogP contribution in [0.2, 0.25) is 0 Å². The molecule has 1 aliphatic heterocycles. The molecule has 11 heteroatoms. The van der Waals surface area contributed by atoms with Gasteiger partial charge < -0.3 is 19.5 Å². The molecule has 0 spiro atoms. The van der Waals surface area contributed by atoms with Gasteiger partial charge in [-0.05, 0) is 124 Å². The summed E-state index contributed by atoms with van der Waals surface area (Å²) in [6.07, 6.45) is 4.13. The van der Waals surface area contributed by atoms with Gasteiger partial charge in [-0.15, -0.1) is 0 Å². The molecule has 3 aromatic carbocycles. The fourth-order valence-electron chi connectivity index (χ4n) is 7.32. The SMILES string of the molecule is Cc1c(O[C@H]2CC[C@@H](CC(=O)O)CC2)cccc1-c1ccc(N2CCc3cccc(C(=O)Nc4nc5ccccc5s4)c3C2)nc1C(=O)OC(C)(C)C. The van der Waals surface area contributed by atoms with E-state index in [4.69, 9.17) is 14.5 Å². The Bertz CT molecular complexity index is 2150. The summed E-state index contributed by atoms with van der Waals surface area (Å²) in [5.41, 5.74) is 5.26. The second kappa shape index (κ2) is 15.0. The molecule has 0 unspecified atom stereocenters. The van der Waals surface area contributed by atoms with Crippen molar-refractivity contribution >= 4 is 50.3 Å². The molecule has 5 aromatic rings. The number of benzene rings is 3. The van der Waals surface area contributed by atoms with Gasteiger partial charge in [0.15, 0.2) is 10.8 Å². The van der Waals surface area contributed by atoms with E-state index in [2.05, 4.69) is 21.3 Å². The summed E-state index contributed by atoms with van der Waals surface area (Å²) in [5.74, 6) is 0.0357. The molecule has 2 aliphatic rings. The largest absolute Gasteiger partial charge is 0.490 e. The fraction of sp³-hybridized carbons (Fsp3) is 0.357. The maximum absolute atomic E-state index is 13.9. The minimum Gasteiger partial charge on any atom is -0.490 e. The molecule has 3 heterocycles. The fourth-order valence-corrected chi connectivity index (χ4v) is 8.18. The van der Waals surface area contributed by atoms with Gasteiger partial charge in [-0.1, -0.05) is 47.7 Å². The Labute approximate surface area is 313 Å². The molecule has 1 aliphatic carbocycles. The Balaban J connectivity index is 1.15. The Kier molecular flexibility index (Phi) is 10.2. The second-order valence-electron chi connectivity index (χ2n) is 14.9. The van der Waals surface area contributed by atoms with Gasteiger partial charge in [0.1, 0.15) is 17.2 Å². The molecule has 1 fully saturated rings. The number of anilines is 2. The Morgan fingerprint density at radius 1 is 0.925 bits per heavy atom. The van der Waals surface area contributed by atoms with Crippen LogP contribution in [0, 0.1) is 12.8 Å². The number of fused-ring (bicyclic) bond motifs is 2. The first kappa shape index (κ1) is 36.1. The lowest BCUT2D eigenvalue weighted by molar-refractivity contribution is -0.138. The van der Waals surface area contributed by atoms with E-state index >= 15 is 0 Å². The zero-order valence-corrected chi connectivity index (χ0v) is 31.3. The molecule has 0 atom stereocenters. The first-order valence-electron chi connectivity index (χ1n) is 18.2. The highest BCUT2D eigenvalue weighted by atomic mass is 32.1. The quantitative estimate of drug-likeness (QED) is 0.143. The van der Waals surface area contributed by atoms with Crippen LogP contribution in [0.3, 0.4) is 0 Å². The minimum absolute atomic E-state index is 0.00465. The number of pyridine rings is 1. The second-order valence-corrected chi connectivity index (χ2v) is 15.9. The number of carbonyl (C=O) groups is 3. The molecule has 274 valence electrons. The summed E-state index contributed by atoms with van der Waals surface area (Å²) in [7, 11) is 0. The lowest BCUT2D eigenvalue weighted by Crippen LogP contribution is -2.33. The van der Waals surface area contributed by atoms with E-state index in [1.807, 2.05) is 94.4 Å². The van der Waals surface area contributed by atoms with Crippen molar-refractivity contribution in [2.75, 3.05) is 16.8 Å². The van der Waals surface area contributed by atoms with E-state index in [1.54, 1.807) is 0 Å². The number of thiazole rings is 1. The highest BCUT2D eigenvalue weighted by Crippen LogP contribution is 2.37. The number of carbonyl (C=O) groups excluding carboxylic acids is 2. The summed E-state index contributed by atoms with van der Waals surface area (Å²) in [6, 6.07) is 23.3. The highest BCUT2D eigenvalue weighted by molar-refractivity contribution is 7.22. The Morgan fingerprint density at radius 2 is 1.70 bits per heavy atom. The van der Waals surface area contributed by atoms with Gasteiger partial charge in [-0.3, -0.25) is 14.9 Å². The number of hydrogen-bond acceptors (Lipinski definition) is 9. The number of hydrogen-bond donors (Lipinski definition) is 2. The molecule has 0 saturated heterocycles. The van der Waals surface area contributed by atoms with Crippen LogP contribution in [-0.2, 0) is 22.5 Å². The molecule has 0 bridgehead atoms. The van der Waals surface area contributed by atoms with Crippen molar-refractivity contribution in [2.45, 2.75) is 84.5 Å². The lowest BCUT2D eigenvalue weighted by Gasteiger charge is -2.31. The third-order valence-corrected chi connectivity index (χ3v) is 10.9. The number of esters is 1. The van der Waals surface area contributed by atoms with Crippen LogP contribution in [0.5, 0.6) is 5.75 Å². The van der Waals surface area contributed by atoms with Gasteiger partial charge in [0.05, 0.1) is 16.3 Å². The topological polar surface area (TPSA) is 131 Å². The van der Waals surface area contributed by atoms with Crippen LogP contribution >= 0.6 is 11.3 Å². The summed E-state index contributed by atoms with van der Waals surface area (Å²) < 4.78 is 13.4. The van der Waals surface area contributed by atoms with Crippen molar-refractivity contribution in [3.05, 3.63) is 101 Å². The van der Waals surface area contributed by atoms with Crippen molar-refractivity contribution in [3.63, 3.8) is 0 Å². The first-order chi connectivity index (χ1) is 25.4. The third kappa shape index (κ3) is 8.20. The average Bonchev–Trinajstić information content (AvgIpc) is 3.54. The summed E-state index contributed by atoms with van der Waals surface area (Å²) >= 11 is 1.44. The van der Waals surface area contributed by atoms with Crippen LogP contribution in [0.25, 0.3) is 21.3 Å². The van der Waals surface area contributed by atoms with Gasteiger partial charge in [-0.25, -0.2) is 14.8 Å². The molecule has 0 radical (unpaired) electrons. The van der Waals surface area contributed by atoms with Crippen molar-refractivity contribution < 1.29 is 29.0 Å². The van der Waals surface area contributed by atoms with Crippen molar-refractivity contribution in [2.24, 2.45) is 5.92 Å². The summed E-state index contributed by atoms with van der Waals surface area (Å²) in [5, 5.41) is 12.8. The van der Waals surface area contributed by atoms with Crippen LogP contribution in [0.1, 0.15) is 90.4 Å². The molecule has 1 amide bonds. The van der Waals surface area contributed by atoms with Crippen LogP contribution in [0.4, 0.5) is 10.9 Å². The number of amides is 1. The van der Waals surface area contributed by atoms with E-state index < -0.39 is 17.5 Å². The molecule has 53 heavy (non-hydrogen) atoms. The highest BCUT2D eigenvalue weighted by Gasteiger charge is 2.29. The number of aliphatic carboxylic acids is 1. The van der Waals surface area contributed by atoms with Crippen molar-refractivity contribution in [3.8, 4) is 16.9 Å². The van der Waals surface area contributed by atoms with E-state index in [-0.39, 0.29) is 30.0 Å². The van der Waals surface area contributed by atoms with E-state index in [9.17, 15) is 19.5 Å². The number of ether oxygens (including phenoxy) is 2. The van der Waals surface area contributed by atoms with Gasteiger partial charge in [0.2, 0.25) is 0 Å². The smallest absolute Gasteiger partial charge is 0.358 e. The molecule has 2 aromatic heterocycles. The van der Waals surface area contributed by atoms with E-state index in [0.29, 0.717) is 41.6 Å². The number of carboxylic acids is 1. The van der Waals surface area contributed by atoms with Crippen LogP contribution < -0.4 is 15.0 Å². The predicted octanol–water partition coefficient (Wildman–Crippen LogP) is 8.85. The van der Waals surface area contributed by atoms with Crippen LogP contribution in [0.15, 0.2) is 72.8 Å². The lowest BCUT2D eigenvalue weighted by atomic mass is 9.85. The summed E-state index contributed by atoms with van der Waals surface area (Å²) in [6.45, 7) is 8.59. The molecule has 2 N–H and O–H groups in total. The number of carboxylic acid groups (broad SMARTS) is 1.